The monoisotopic (exact) mass is 427 g/mol. The van der Waals surface area contributed by atoms with Crippen LogP contribution < -0.4 is 0 Å². The predicted octanol–water partition coefficient (Wildman–Crippen LogP) is 2.85. The van der Waals surface area contributed by atoms with Crippen LogP contribution in [0.15, 0.2) is 41.8 Å². The molecule has 30 heavy (non-hydrogen) atoms. The van der Waals surface area contributed by atoms with E-state index in [9.17, 15) is 9.59 Å². The van der Waals surface area contributed by atoms with Crippen molar-refractivity contribution in [2.75, 3.05) is 25.4 Å². The van der Waals surface area contributed by atoms with Crippen molar-refractivity contribution in [3.8, 4) is 11.4 Å². The Morgan fingerprint density at radius 3 is 2.63 bits per heavy atom. The number of hydrogen-bond donors (Lipinski definition) is 0. The van der Waals surface area contributed by atoms with Gasteiger partial charge in [0.05, 0.1) is 22.7 Å². The van der Waals surface area contributed by atoms with Crippen LogP contribution in [0.5, 0.6) is 0 Å². The number of ether oxygens (including phenoxy) is 1. The molecule has 0 unspecified atom stereocenters. The third-order valence-corrected chi connectivity index (χ3v) is 6.31. The van der Waals surface area contributed by atoms with Crippen molar-refractivity contribution in [3.63, 3.8) is 0 Å². The van der Waals surface area contributed by atoms with Gasteiger partial charge < -0.3 is 9.64 Å². The van der Waals surface area contributed by atoms with Crippen molar-refractivity contribution in [2.45, 2.75) is 43.4 Å². The molecule has 0 spiro atoms. The minimum atomic E-state index is -0.292. The maximum absolute atomic E-state index is 12.7. The second-order valence-electron chi connectivity index (χ2n) is 8.08. The Labute approximate surface area is 180 Å². The summed E-state index contributed by atoms with van der Waals surface area (Å²) < 4.78 is 5.22. The lowest BCUT2D eigenvalue weighted by atomic mass is 9.97. The fraction of sp³-hybridized carbons (Fsp3) is 0.476. The molecule has 0 N–H and O–H groups in total. The Bertz CT molecular complexity index is 916. The highest BCUT2D eigenvalue weighted by Gasteiger charge is 2.44. The number of amides is 2. The van der Waals surface area contributed by atoms with Gasteiger partial charge in [-0.25, -0.2) is 14.8 Å². The zero-order valence-electron chi connectivity index (χ0n) is 17.2. The summed E-state index contributed by atoms with van der Waals surface area (Å²) in [7, 11) is 0. The van der Waals surface area contributed by atoms with Crippen molar-refractivity contribution in [1.29, 1.82) is 0 Å². The number of carbonyl (C=O) groups excluding carboxylic acids is 2. The maximum atomic E-state index is 12.7. The fourth-order valence-corrected chi connectivity index (χ4v) is 4.66. The summed E-state index contributed by atoms with van der Waals surface area (Å²) in [6, 6.07) is 7.58. The number of carbonyl (C=O) groups is 2. The normalized spacial score (nSPS) is 19.1. The van der Waals surface area contributed by atoms with Gasteiger partial charge in [-0.05, 0) is 44.9 Å². The molecule has 0 aromatic carbocycles. The average Bonchev–Trinajstić information content (AvgIpc) is 3.05. The lowest BCUT2D eigenvalue weighted by Crippen LogP contribution is -2.53. The number of aromatic nitrogens is 3. The second-order valence-corrected chi connectivity index (χ2v) is 9.02. The van der Waals surface area contributed by atoms with E-state index in [2.05, 4.69) is 15.0 Å². The fourth-order valence-electron chi connectivity index (χ4n) is 3.93. The molecule has 2 aliphatic heterocycles. The van der Waals surface area contributed by atoms with Gasteiger partial charge in [0.15, 0.2) is 5.16 Å². The first-order valence-corrected chi connectivity index (χ1v) is 11.0. The highest BCUT2D eigenvalue weighted by atomic mass is 32.2. The molecule has 2 saturated heterocycles. The first-order valence-electron chi connectivity index (χ1n) is 10.1. The SMILES string of the molecule is CC1(C)COC(=O)N1C1CCN(C(=O)CSc2nccc(-c3ccccn3)n2)CC1. The minimum absolute atomic E-state index is 0.0635. The highest BCUT2D eigenvalue weighted by Crippen LogP contribution is 2.30. The van der Waals surface area contributed by atoms with Crippen LogP contribution in [0.25, 0.3) is 11.4 Å². The molecular formula is C21H25N5O3S. The smallest absolute Gasteiger partial charge is 0.410 e. The minimum Gasteiger partial charge on any atom is -0.447 e. The Kier molecular flexibility index (Phi) is 5.90. The standard InChI is InChI=1S/C21H25N5O3S/c1-21(2)14-29-20(28)26(21)15-7-11-25(12-8-15)18(27)13-30-19-23-10-6-17(24-19)16-5-3-4-9-22-16/h3-6,9-10,15H,7-8,11-14H2,1-2H3. The van der Waals surface area contributed by atoms with Crippen LogP contribution in [-0.4, -0.2) is 73.8 Å². The summed E-state index contributed by atoms with van der Waals surface area (Å²) in [5, 5.41) is 0.558. The van der Waals surface area contributed by atoms with Crippen LogP contribution in [0.3, 0.4) is 0 Å². The van der Waals surface area contributed by atoms with Gasteiger partial charge in [-0.2, -0.15) is 0 Å². The first-order chi connectivity index (χ1) is 14.4. The number of nitrogens with zero attached hydrogens (tertiary/aromatic N) is 5. The van der Waals surface area contributed by atoms with Crippen molar-refractivity contribution in [3.05, 3.63) is 36.7 Å². The molecule has 0 atom stereocenters. The van der Waals surface area contributed by atoms with E-state index in [-0.39, 0.29) is 29.3 Å². The molecule has 4 rings (SSSR count). The number of cyclic esters (lactones) is 1. The van der Waals surface area contributed by atoms with E-state index >= 15 is 0 Å². The molecule has 0 bridgehead atoms. The molecular weight excluding hydrogens is 402 g/mol. The van der Waals surface area contributed by atoms with E-state index in [1.54, 1.807) is 12.4 Å². The van der Waals surface area contributed by atoms with E-state index in [0.29, 0.717) is 24.9 Å². The molecule has 158 valence electrons. The number of likely N-dealkylation sites (tertiary alicyclic amines) is 1. The van der Waals surface area contributed by atoms with Gasteiger partial charge in [0.1, 0.15) is 6.61 Å². The number of rotatable bonds is 5. The second kappa shape index (κ2) is 8.59. The zero-order chi connectivity index (χ0) is 21.1. The number of hydrogen-bond acceptors (Lipinski definition) is 7. The van der Waals surface area contributed by atoms with Gasteiger partial charge in [-0.1, -0.05) is 17.8 Å². The van der Waals surface area contributed by atoms with Gasteiger partial charge in [0.25, 0.3) is 0 Å². The number of pyridine rings is 1. The number of thioether (sulfide) groups is 1. The van der Waals surface area contributed by atoms with Gasteiger partial charge in [-0.15, -0.1) is 0 Å². The van der Waals surface area contributed by atoms with Gasteiger partial charge in [0, 0.05) is 31.5 Å². The van der Waals surface area contributed by atoms with Crippen LogP contribution in [0.4, 0.5) is 4.79 Å². The Morgan fingerprint density at radius 1 is 1.17 bits per heavy atom. The molecule has 0 radical (unpaired) electrons. The van der Waals surface area contributed by atoms with Crippen LogP contribution in [-0.2, 0) is 9.53 Å². The molecule has 2 aromatic rings. The van der Waals surface area contributed by atoms with Crippen LogP contribution in [0.2, 0.25) is 0 Å². The van der Waals surface area contributed by atoms with Gasteiger partial charge >= 0.3 is 6.09 Å². The zero-order valence-corrected chi connectivity index (χ0v) is 18.0. The van der Waals surface area contributed by atoms with Crippen molar-refractivity contribution in [2.24, 2.45) is 0 Å². The third kappa shape index (κ3) is 4.40. The van der Waals surface area contributed by atoms with Crippen LogP contribution in [0, 0.1) is 0 Å². The van der Waals surface area contributed by atoms with E-state index < -0.39 is 0 Å². The highest BCUT2D eigenvalue weighted by molar-refractivity contribution is 7.99. The van der Waals surface area contributed by atoms with Crippen LogP contribution >= 0.6 is 11.8 Å². The van der Waals surface area contributed by atoms with Crippen molar-refractivity contribution in [1.82, 2.24) is 24.8 Å². The summed E-state index contributed by atoms with van der Waals surface area (Å²) in [5.74, 6) is 0.349. The Hall–Kier alpha value is -2.68. The van der Waals surface area contributed by atoms with Gasteiger partial charge in [-0.3, -0.25) is 14.7 Å². The lowest BCUT2D eigenvalue weighted by molar-refractivity contribution is -0.129. The van der Waals surface area contributed by atoms with Crippen LogP contribution in [0.1, 0.15) is 26.7 Å². The summed E-state index contributed by atoms with van der Waals surface area (Å²) in [6.07, 6.45) is 4.69. The topological polar surface area (TPSA) is 88.5 Å². The van der Waals surface area contributed by atoms with Crippen molar-refractivity contribution < 1.29 is 14.3 Å². The molecule has 9 heteroatoms. The van der Waals surface area contributed by atoms with Gasteiger partial charge in [0.2, 0.25) is 5.91 Å². The quantitative estimate of drug-likeness (QED) is 0.535. The van der Waals surface area contributed by atoms with E-state index in [1.807, 2.05) is 47.9 Å². The maximum Gasteiger partial charge on any atom is 0.410 e. The lowest BCUT2D eigenvalue weighted by Gasteiger charge is -2.40. The molecule has 0 saturated carbocycles. The number of piperidine rings is 1. The van der Waals surface area contributed by atoms with E-state index in [0.717, 1.165) is 24.2 Å². The molecule has 8 nitrogen and oxygen atoms in total. The molecule has 2 aromatic heterocycles. The molecule has 4 heterocycles. The average molecular weight is 428 g/mol. The predicted molar refractivity (Wildman–Crippen MR) is 113 cm³/mol. The molecule has 2 aliphatic rings. The van der Waals surface area contributed by atoms with E-state index in [4.69, 9.17) is 4.74 Å². The molecule has 0 aliphatic carbocycles. The third-order valence-electron chi connectivity index (χ3n) is 5.47. The summed E-state index contributed by atoms with van der Waals surface area (Å²) in [4.78, 5) is 41.6. The summed E-state index contributed by atoms with van der Waals surface area (Å²) >= 11 is 1.33. The molecule has 2 fully saturated rings. The first kappa shape index (κ1) is 20.6. The van der Waals surface area contributed by atoms with E-state index in [1.165, 1.54) is 11.8 Å². The molecule has 2 amide bonds. The Morgan fingerprint density at radius 2 is 1.97 bits per heavy atom. The summed E-state index contributed by atoms with van der Waals surface area (Å²) in [5.41, 5.74) is 1.22. The largest absolute Gasteiger partial charge is 0.447 e. The van der Waals surface area contributed by atoms with Crippen molar-refractivity contribution >= 4 is 23.8 Å². The Balaban J connectivity index is 1.30. The summed E-state index contributed by atoms with van der Waals surface area (Å²) in [6.45, 7) is 5.73.